The van der Waals surface area contributed by atoms with Crippen molar-refractivity contribution in [2.75, 3.05) is 7.11 Å². The zero-order valence-corrected chi connectivity index (χ0v) is 13.2. The van der Waals surface area contributed by atoms with E-state index in [0.29, 0.717) is 4.88 Å². The number of hydrogen-bond donors (Lipinski definition) is 1. The highest BCUT2D eigenvalue weighted by Gasteiger charge is 2.38. The lowest BCUT2D eigenvalue weighted by Crippen LogP contribution is -2.10. The van der Waals surface area contributed by atoms with E-state index in [9.17, 15) is 18.0 Å². The monoisotopic (exact) mass is 355 g/mol. The number of thiophene rings is 1. The van der Waals surface area contributed by atoms with Gasteiger partial charge in [0.25, 0.3) is 0 Å². The third-order valence-electron chi connectivity index (χ3n) is 3.54. The molecule has 1 aliphatic rings. The predicted octanol–water partition coefficient (Wildman–Crippen LogP) is 3.74. The smallest absolute Gasteiger partial charge is 0.416 e. The van der Waals surface area contributed by atoms with Crippen LogP contribution in [0.2, 0.25) is 0 Å². The molecule has 0 radical (unpaired) electrons. The first-order chi connectivity index (χ1) is 11.3. The van der Waals surface area contributed by atoms with Crippen LogP contribution in [0, 0.1) is 0 Å². The van der Waals surface area contributed by atoms with Crippen LogP contribution in [-0.4, -0.2) is 12.9 Å². The first-order valence-corrected chi connectivity index (χ1v) is 7.70. The van der Waals surface area contributed by atoms with Gasteiger partial charge in [0, 0.05) is 0 Å². The van der Waals surface area contributed by atoms with E-state index in [0.717, 1.165) is 12.1 Å². The van der Waals surface area contributed by atoms with Gasteiger partial charge in [-0.05, 0) is 35.2 Å². The van der Waals surface area contributed by atoms with Gasteiger partial charge >= 0.3 is 6.18 Å². The van der Waals surface area contributed by atoms with Crippen LogP contribution in [0.4, 0.5) is 13.2 Å². The molecule has 126 valence electrons. The van der Waals surface area contributed by atoms with Crippen molar-refractivity contribution in [2.45, 2.75) is 12.3 Å². The molecule has 0 saturated heterocycles. The molecule has 2 aromatic rings. The van der Waals surface area contributed by atoms with Gasteiger partial charge in [0.15, 0.2) is 12.0 Å². The van der Waals surface area contributed by atoms with Crippen molar-refractivity contribution in [3.8, 4) is 5.75 Å². The Kier molecular flexibility index (Phi) is 4.00. The molecule has 0 aliphatic carbocycles. The summed E-state index contributed by atoms with van der Waals surface area (Å²) < 4.78 is 49.4. The van der Waals surface area contributed by atoms with Crippen molar-refractivity contribution in [3.05, 3.63) is 57.6 Å². The van der Waals surface area contributed by atoms with Crippen LogP contribution in [0.15, 0.2) is 41.6 Å². The molecule has 4 nitrogen and oxygen atoms in total. The maximum absolute atomic E-state index is 13.0. The summed E-state index contributed by atoms with van der Waals surface area (Å²) in [6.07, 6.45) is -5.51. The number of hydrogen-bond acceptors (Lipinski definition) is 5. The van der Waals surface area contributed by atoms with Crippen molar-refractivity contribution in [3.63, 3.8) is 0 Å². The summed E-state index contributed by atoms with van der Waals surface area (Å²) in [5.74, 6) is -0.691. The standard InChI is InChI=1S/C16H12F3NO3S/c1-22-10-6-8(5-9(7-10)16(17,18)19)12-13(21)14(23-15(12)20)11-3-2-4-24-11/h2-7,14H,20H2,1H3. The Morgan fingerprint density at radius 1 is 1.29 bits per heavy atom. The molecule has 1 unspecified atom stereocenters. The lowest BCUT2D eigenvalue weighted by atomic mass is 9.97. The maximum Gasteiger partial charge on any atom is 0.416 e. The second-order valence-electron chi connectivity index (χ2n) is 5.06. The number of benzene rings is 1. The van der Waals surface area contributed by atoms with E-state index < -0.39 is 23.6 Å². The number of carbonyl (C=O) groups excluding carboxylic acids is 1. The highest BCUT2D eigenvalue weighted by molar-refractivity contribution is 7.10. The van der Waals surface area contributed by atoms with Crippen molar-refractivity contribution in [1.82, 2.24) is 0 Å². The molecular weight excluding hydrogens is 343 g/mol. The largest absolute Gasteiger partial charge is 0.497 e. The predicted molar refractivity (Wildman–Crippen MR) is 82.3 cm³/mol. The molecule has 0 fully saturated rings. The van der Waals surface area contributed by atoms with Gasteiger partial charge in [-0.15, -0.1) is 11.3 Å². The minimum absolute atomic E-state index is 0.0169. The zero-order valence-electron chi connectivity index (χ0n) is 12.4. The first kappa shape index (κ1) is 16.4. The molecule has 0 spiro atoms. The number of ether oxygens (including phenoxy) is 2. The molecule has 2 heterocycles. The van der Waals surface area contributed by atoms with Gasteiger partial charge in [-0.2, -0.15) is 13.2 Å². The number of ketones is 1. The molecule has 1 aromatic heterocycles. The summed E-state index contributed by atoms with van der Waals surface area (Å²) >= 11 is 1.31. The van der Waals surface area contributed by atoms with Crippen molar-refractivity contribution < 1.29 is 27.4 Å². The van der Waals surface area contributed by atoms with E-state index in [1.165, 1.54) is 24.5 Å². The second kappa shape index (κ2) is 5.86. The van der Waals surface area contributed by atoms with Gasteiger partial charge in [-0.25, -0.2) is 0 Å². The zero-order chi connectivity index (χ0) is 17.5. The summed E-state index contributed by atoms with van der Waals surface area (Å²) in [6.45, 7) is 0. The van der Waals surface area contributed by atoms with Crippen molar-refractivity contribution in [2.24, 2.45) is 5.73 Å². The number of halogens is 3. The Labute approximate surface area is 139 Å². The number of carbonyl (C=O) groups is 1. The summed E-state index contributed by atoms with van der Waals surface area (Å²) in [6, 6.07) is 6.50. The topological polar surface area (TPSA) is 61.6 Å². The number of rotatable bonds is 3. The fraction of sp³-hybridized carbons (Fsp3) is 0.188. The number of nitrogens with two attached hydrogens (primary N) is 1. The molecule has 24 heavy (non-hydrogen) atoms. The quantitative estimate of drug-likeness (QED) is 0.911. The number of alkyl halides is 3. The molecular formula is C16H12F3NO3S. The Morgan fingerprint density at radius 2 is 2.04 bits per heavy atom. The SMILES string of the molecule is COc1cc(C2=C(N)OC(c3cccs3)C2=O)cc(C(F)(F)F)c1. The number of Topliss-reactive ketones (excluding diaryl/α,β-unsaturated/α-hetero) is 1. The molecule has 8 heteroatoms. The lowest BCUT2D eigenvalue weighted by molar-refractivity contribution is -0.137. The van der Waals surface area contributed by atoms with Gasteiger partial charge in [0.1, 0.15) is 5.75 Å². The Hall–Kier alpha value is -2.48. The van der Waals surface area contributed by atoms with Crippen LogP contribution in [-0.2, 0) is 15.7 Å². The third kappa shape index (κ3) is 2.84. The molecule has 2 N–H and O–H groups in total. The maximum atomic E-state index is 13.0. The van der Waals surface area contributed by atoms with E-state index >= 15 is 0 Å². The number of methoxy groups -OCH3 is 1. The van der Waals surface area contributed by atoms with Gasteiger partial charge in [0.2, 0.25) is 5.78 Å². The molecule has 1 atom stereocenters. The second-order valence-corrected chi connectivity index (χ2v) is 6.04. The molecule has 3 rings (SSSR count). The third-order valence-corrected chi connectivity index (χ3v) is 4.45. The van der Waals surface area contributed by atoms with E-state index in [1.54, 1.807) is 17.5 Å². The minimum atomic E-state index is -4.58. The van der Waals surface area contributed by atoms with Gasteiger partial charge in [-0.3, -0.25) is 4.79 Å². The Morgan fingerprint density at radius 3 is 2.62 bits per heavy atom. The summed E-state index contributed by atoms with van der Waals surface area (Å²) in [5.41, 5.74) is 4.79. The minimum Gasteiger partial charge on any atom is -0.497 e. The normalized spacial score (nSPS) is 18.0. The van der Waals surface area contributed by atoms with E-state index in [2.05, 4.69) is 0 Å². The van der Waals surface area contributed by atoms with E-state index in [4.69, 9.17) is 15.2 Å². The first-order valence-electron chi connectivity index (χ1n) is 6.82. The molecule has 0 saturated carbocycles. The lowest BCUT2D eigenvalue weighted by Gasteiger charge is -2.12. The molecule has 1 aliphatic heterocycles. The van der Waals surface area contributed by atoms with Crippen LogP contribution < -0.4 is 10.5 Å². The summed E-state index contributed by atoms with van der Waals surface area (Å²) in [7, 11) is 1.25. The van der Waals surface area contributed by atoms with Crippen LogP contribution >= 0.6 is 11.3 Å². The van der Waals surface area contributed by atoms with Crippen molar-refractivity contribution in [1.29, 1.82) is 0 Å². The average Bonchev–Trinajstić information content (AvgIpc) is 3.14. The molecule has 0 amide bonds. The van der Waals surface area contributed by atoms with E-state index in [-0.39, 0.29) is 22.8 Å². The highest BCUT2D eigenvalue weighted by atomic mass is 32.1. The van der Waals surface area contributed by atoms with Crippen LogP contribution in [0.3, 0.4) is 0 Å². The van der Waals surface area contributed by atoms with Gasteiger partial charge in [-0.1, -0.05) is 6.07 Å². The Bertz CT molecular complexity index is 812. The molecule has 1 aromatic carbocycles. The van der Waals surface area contributed by atoms with Crippen LogP contribution in [0.1, 0.15) is 22.1 Å². The van der Waals surface area contributed by atoms with Gasteiger partial charge in [0.05, 0.1) is 23.1 Å². The van der Waals surface area contributed by atoms with Crippen molar-refractivity contribution >= 4 is 22.7 Å². The van der Waals surface area contributed by atoms with Crippen LogP contribution in [0.5, 0.6) is 5.75 Å². The fourth-order valence-electron chi connectivity index (χ4n) is 2.43. The Balaban J connectivity index is 2.05. The fourth-order valence-corrected chi connectivity index (χ4v) is 3.18. The highest BCUT2D eigenvalue weighted by Crippen LogP contribution is 2.40. The van der Waals surface area contributed by atoms with E-state index in [1.807, 2.05) is 0 Å². The molecule has 0 bridgehead atoms. The summed E-state index contributed by atoms with van der Waals surface area (Å²) in [5, 5.41) is 1.77. The average molecular weight is 355 g/mol. The summed E-state index contributed by atoms with van der Waals surface area (Å²) in [4.78, 5) is 13.2. The van der Waals surface area contributed by atoms with Gasteiger partial charge < -0.3 is 15.2 Å². The van der Waals surface area contributed by atoms with Crippen LogP contribution in [0.25, 0.3) is 5.57 Å².